The maximum Gasteiger partial charge on any atom is 0.224 e. The second-order valence-corrected chi connectivity index (χ2v) is 5.63. The smallest absolute Gasteiger partial charge is 0.224 e. The number of phenols is 1. The standard InChI is InChI=1S/C16H24N2O3/c1-13(12-18-6-8-21-9-7-18)11-17-16(20)10-14-4-2-3-5-15(14)19/h2-5,13,19H,6-12H2,1H3,(H,17,20)/t13-/m1/s1. The van der Waals surface area contributed by atoms with Crippen LogP contribution >= 0.6 is 0 Å². The van der Waals surface area contributed by atoms with E-state index in [0.29, 0.717) is 18.0 Å². The van der Waals surface area contributed by atoms with E-state index in [2.05, 4.69) is 17.1 Å². The van der Waals surface area contributed by atoms with Gasteiger partial charge in [-0.25, -0.2) is 0 Å². The van der Waals surface area contributed by atoms with E-state index in [4.69, 9.17) is 4.74 Å². The summed E-state index contributed by atoms with van der Waals surface area (Å²) >= 11 is 0. The van der Waals surface area contributed by atoms with Gasteiger partial charge in [0.2, 0.25) is 5.91 Å². The first-order valence-corrected chi connectivity index (χ1v) is 7.49. The maximum atomic E-state index is 11.9. The number of phenolic OH excluding ortho intramolecular Hbond substituents is 1. The van der Waals surface area contributed by atoms with Crippen molar-refractivity contribution >= 4 is 5.91 Å². The van der Waals surface area contributed by atoms with Crippen LogP contribution in [0.25, 0.3) is 0 Å². The molecular weight excluding hydrogens is 268 g/mol. The number of hydrogen-bond donors (Lipinski definition) is 2. The van der Waals surface area contributed by atoms with Gasteiger partial charge < -0.3 is 15.2 Å². The van der Waals surface area contributed by atoms with E-state index in [1.165, 1.54) is 0 Å². The van der Waals surface area contributed by atoms with Gasteiger partial charge >= 0.3 is 0 Å². The molecular formula is C16H24N2O3. The summed E-state index contributed by atoms with van der Waals surface area (Å²) < 4.78 is 5.32. The van der Waals surface area contributed by atoms with Crippen molar-refractivity contribution in [1.82, 2.24) is 10.2 Å². The molecule has 1 aliphatic rings. The highest BCUT2D eigenvalue weighted by molar-refractivity contribution is 5.79. The summed E-state index contributed by atoms with van der Waals surface area (Å²) in [6.45, 7) is 7.30. The van der Waals surface area contributed by atoms with E-state index in [0.717, 1.165) is 32.8 Å². The minimum atomic E-state index is -0.0506. The number of ether oxygens (including phenoxy) is 1. The van der Waals surface area contributed by atoms with Crippen LogP contribution in [0, 0.1) is 5.92 Å². The first kappa shape index (κ1) is 15.8. The summed E-state index contributed by atoms with van der Waals surface area (Å²) in [4.78, 5) is 14.3. The highest BCUT2D eigenvalue weighted by Crippen LogP contribution is 2.15. The maximum absolute atomic E-state index is 11.9. The Morgan fingerprint density at radius 1 is 1.38 bits per heavy atom. The molecule has 1 saturated heterocycles. The number of carbonyl (C=O) groups excluding carboxylic acids is 1. The van der Waals surface area contributed by atoms with Gasteiger partial charge in [0.15, 0.2) is 0 Å². The van der Waals surface area contributed by atoms with Crippen LogP contribution < -0.4 is 5.32 Å². The van der Waals surface area contributed by atoms with Gasteiger partial charge in [-0.05, 0) is 12.0 Å². The SMILES string of the molecule is C[C@H](CNC(=O)Cc1ccccc1O)CN1CCOCC1. The molecule has 1 amide bonds. The molecule has 1 aliphatic heterocycles. The van der Waals surface area contributed by atoms with Gasteiger partial charge in [0.1, 0.15) is 5.75 Å². The molecule has 1 atom stereocenters. The van der Waals surface area contributed by atoms with Crippen LogP contribution in [-0.2, 0) is 16.0 Å². The number of rotatable bonds is 6. The van der Waals surface area contributed by atoms with Crippen LogP contribution in [0.3, 0.4) is 0 Å². The van der Waals surface area contributed by atoms with Gasteiger partial charge in [-0.2, -0.15) is 0 Å². The van der Waals surface area contributed by atoms with E-state index in [9.17, 15) is 9.90 Å². The lowest BCUT2D eigenvalue weighted by atomic mass is 10.1. The molecule has 2 N–H and O–H groups in total. The van der Waals surface area contributed by atoms with Crippen molar-refractivity contribution in [3.8, 4) is 5.75 Å². The predicted octanol–water partition coefficient (Wildman–Crippen LogP) is 1.02. The van der Waals surface area contributed by atoms with Gasteiger partial charge in [0.25, 0.3) is 0 Å². The third-order valence-corrected chi connectivity index (χ3v) is 3.66. The molecule has 1 heterocycles. The second kappa shape index (κ2) is 8.00. The molecule has 116 valence electrons. The quantitative estimate of drug-likeness (QED) is 0.822. The van der Waals surface area contributed by atoms with Crippen molar-refractivity contribution in [3.05, 3.63) is 29.8 Å². The monoisotopic (exact) mass is 292 g/mol. The highest BCUT2D eigenvalue weighted by atomic mass is 16.5. The number of aromatic hydroxyl groups is 1. The Bertz CT molecular complexity index is 459. The van der Waals surface area contributed by atoms with E-state index < -0.39 is 0 Å². The van der Waals surface area contributed by atoms with Crippen LogP contribution in [-0.4, -0.2) is 55.3 Å². The summed E-state index contributed by atoms with van der Waals surface area (Å²) in [5.74, 6) is 0.524. The zero-order valence-corrected chi connectivity index (χ0v) is 12.5. The Labute approximate surface area is 125 Å². The van der Waals surface area contributed by atoms with E-state index in [1.807, 2.05) is 6.07 Å². The zero-order chi connectivity index (χ0) is 15.1. The molecule has 21 heavy (non-hydrogen) atoms. The lowest BCUT2D eigenvalue weighted by Gasteiger charge is -2.29. The minimum absolute atomic E-state index is 0.0506. The van der Waals surface area contributed by atoms with Crippen molar-refractivity contribution in [2.75, 3.05) is 39.4 Å². The largest absolute Gasteiger partial charge is 0.508 e. The van der Waals surface area contributed by atoms with E-state index in [1.54, 1.807) is 18.2 Å². The molecule has 0 aliphatic carbocycles. The number of hydrogen-bond acceptors (Lipinski definition) is 4. The Kier molecular flexibility index (Phi) is 6.02. The number of nitrogens with one attached hydrogen (secondary N) is 1. The number of amides is 1. The zero-order valence-electron chi connectivity index (χ0n) is 12.5. The Hall–Kier alpha value is -1.59. The normalized spacial score (nSPS) is 17.4. The molecule has 1 fully saturated rings. The van der Waals surface area contributed by atoms with Crippen LogP contribution in [0.4, 0.5) is 0 Å². The lowest BCUT2D eigenvalue weighted by molar-refractivity contribution is -0.120. The summed E-state index contributed by atoms with van der Waals surface area (Å²) in [6.07, 6.45) is 0.219. The fourth-order valence-electron chi connectivity index (χ4n) is 2.47. The molecule has 5 heteroatoms. The molecule has 0 aromatic heterocycles. The third-order valence-electron chi connectivity index (χ3n) is 3.66. The molecule has 0 bridgehead atoms. The summed E-state index contributed by atoms with van der Waals surface area (Å²) in [5.41, 5.74) is 0.663. The number of morpholine rings is 1. The van der Waals surface area contributed by atoms with Gasteiger partial charge in [-0.15, -0.1) is 0 Å². The van der Waals surface area contributed by atoms with Crippen molar-refractivity contribution in [2.24, 2.45) is 5.92 Å². The van der Waals surface area contributed by atoms with Gasteiger partial charge in [0, 0.05) is 31.7 Å². The van der Waals surface area contributed by atoms with Crippen LogP contribution in [0.15, 0.2) is 24.3 Å². The average Bonchev–Trinajstić information content (AvgIpc) is 2.49. The number of para-hydroxylation sites is 1. The van der Waals surface area contributed by atoms with Crippen molar-refractivity contribution in [2.45, 2.75) is 13.3 Å². The number of benzene rings is 1. The highest BCUT2D eigenvalue weighted by Gasteiger charge is 2.14. The molecule has 1 aromatic carbocycles. The molecule has 0 unspecified atom stereocenters. The molecule has 0 radical (unpaired) electrons. The van der Waals surface area contributed by atoms with Crippen LogP contribution in [0.5, 0.6) is 5.75 Å². The van der Waals surface area contributed by atoms with Gasteiger partial charge in [-0.1, -0.05) is 25.1 Å². The summed E-state index contributed by atoms with van der Waals surface area (Å²) in [6, 6.07) is 6.94. The van der Waals surface area contributed by atoms with Crippen LogP contribution in [0.1, 0.15) is 12.5 Å². The van der Waals surface area contributed by atoms with Crippen LogP contribution in [0.2, 0.25) is 0 Å². The molecule has 5 nitrogen and oxygen atoms in total. The second-order valence-electron chi connectivity index (χ2n) is 5.63. The summed E-state index contributed by atoms with van der Waals surface area (Å²) in [7, 11) is 0. The number of carbonyl (C=O) groups is 1. The molecule has 2 rings (SSSR count). The first-order valence-electron chi connectivity index (χ1n) is 7.49. The van der Waals surface area contributed by atoms with Crippen molar-refractivity contribution in [1.29, 1.82) is 0 Å². The first-order chi connectivity index (χ1) is 10.1. The summed E-state index contributed by atoms with van der Waals surface area (Å²) in [5, 5.41) is 12.6. The van der Waals surface area contributed by atoms with E-state index in [-0.39, 0.29) is 18.1 Å². The lowest BCUT2D eigenvalue weighted by Crippen LogP contribution is -2.41. The number of nitrogens with zero attached hydrogens (tertiary/aromatic N) is 1. The molecule has 1 aromatic rings. The Balaban J connectivity index is 1.69. The minimum Gasteiger partial charge on any atom is -0.508 e. The van der Waals surface area contributed by atoms with E-state index >= 15 is 0 Å². The topological polar surface area (TPSA) is 61.8 Å². The van der Waals surface area contributed by atoms with Crippen molar-refractivity contribution < 1.29 is 14.6 Å². The van der Waals surface area contributed by atoms with Gasteiger partial charge in [-0.3, -0.25) is 9.69 Å². The van der Waals surface area contributed by atoms with Crippen molar-refractivity contribution in [3.63, 3.8) is 0 Å². The third kappa shape index (κ3) is 5.36. The molecule has 0 spiro atoms. The average molecular weight is 292 g/mol. The Morgan fingerprint density at radius 3 is 2.81 bits per heavy atom. The fourth-order valence-corrected chi connectivity index (χ4v) is 2.47. The molecule has 0 saturated carbocycles. The fraction of sp³-hybridized carbons (Fsp3) is 0.562. The Morgan fingerprint density at radius 2 is 2.10 bits per heavy atom. The van der Waals surface area contributed by atoms with Gasteiger partial charge in [0.05, 0.1) is 19.6 Å². The predicted molar refractivity (Wildman–Crippen MR) is 81.2 cm³/mol.